The molecule has 0 saturated heterocycles. The van der Waals surface area contributed by atoms with Gasteiger partial charge in [0.05, 0.1) is 6.20 Å². The van der Waals surface area contributed by atoms with Crippen LogP contribution in [0.15, 0.2) is 24.4 Å². The highest BCUT2D eigenvalue weighted by molar-refractivity contribution is 6.31. The summed E-state index contributed by atoms with van der Waals surface area (Å²) in [4.78, 5) is 24.9. The first-order chi connectivity index (χ1) is 10.9. The summed E-state index contributed by atoms with van der Waals surface area (Å²) in [7, 11) is 3.22. The van der Waals surface area contributed by atoms with Crippen molar-refractivity contribution < 1.29 is 9.59 Å². The zero-order chi connectivity index (χ0) is 17.0. The van der Waals surface area contributed by atoms with Crippen LogP contribution in [0.5, 0.6) is 0 Å². The molecule has 8 nitrogen and oxygen atoms in total. The summed E-state index contributed by atoms with van der Waals surface area (Å²) >= 11 is 6.01. The fourth-order valence-corrected chi connectivity index (χ4v) is 1.91. The van der Waals surface area contributed by atoms with Gasteiger partial charge in [0, 0.05) is 24.8 Å². The molecule has 0 aliphatic rings. The summed E-state index contributed by atoms with van der Waals surface area (Å²) in [6.45, 7) is 1.79. The standard InChI is InChI=1S/C14H17ClN6O2/c1-9-10(15)5-4-6-11(9)16-13(22)8-21-7-12(18-19-21)17-14(23)20(2)3/h4-7H,8H2,1-3H3,(H,16,22)(H,17,23). The van der Waals surface area contributed by atoms with Gasteiger partial charge in [-0.15, -0.1) is 5.10 Å². The predicted octanol–water partition coefficient (Wildman–Crippen LogP) is 1.97. The lowest BCUT2D eigenvalue weighted by molar-refractivity contribution is -0.116. The zero-order valence-corrected chi connectivity index (χ0v) is 13.8. The van der Waals surface area contributed by atoms with Crippen LogP contribution in [0, 0.1) is 6.92 Å². The topological polar surface area (TPSA) is 92.2 Å². The number of rotatable bonds is 4. The second-order valence-electron chi connectivity index (χ2n) is 5.09. The second kappa shape index (κ2) is 7.10. The van der Waals surface area contributed by atoms with Crippen LogP contribution in [0.4, 0.5) is 16.3 Å². The molecular weight excluding hydrogens is 320 g/mol. The lowest BCUT2D eigenvalue weighted by Crippen LogP contribution is -2.27. The van der Waals surface area contributed by atoms with Crippen molar-refractivity contribution in [3.63, 3.8) is 0 Å². The van der Waals surface area contributed by atoms with Gasteiger partial charge in [0.1, 0.15) is 6.54 Å². The number of carbonyl (C=O) groups excluding carboxylic acids is 2. The minimum atomic E-state index is -0.323. The van der Waals surface area contributed by atoms with Crippen molar-refractivity contribution in [1.29, 1.82) is 0 Å². The number of urea groups is 1. The summed E-state index contributed by atoms with van der Waals surface area (Å²) in [5.41, 5.74) is 1.43. The number of anilines is 2. The van der Waals surface area contributed by atoms with Gasteiger partial charge in [-0.1, -0.05) is 22.9 Å². The Labute approximate surface area is 138 Å². The Balaban J connectivity index is 1.97. The monoisotopic (exact) mass is 336 g/mol. The molecule has 0 bridgehead atoms. The van der Waals surface area contributed by atoms with Crippen molar-refractivity contribution in [1.82, 2.24) is 19.9 Å². The smallest absolute Gasteiger partial charge is 0.322 e. The minimum Gasteiger partial charge on any atom is -0.331 e. The van der Waals surface area contributed by atoms with Crippen LogP contribution in [-0.2, 0) is 11.3 Å². The fourth-order valence-electron chi connectivity index (χ4n) is 1.73. The van der Waals surface area contributed by atoms with E-state index in [0.29, 0.717) is 10.7 Å². The third-order valence-electron chi connectivity index (χ3n) is 3.03. The Morgan fingerprint density at radius 2 is 2.04 bits per heavy atom. The molecule has 2 rings (SSSR count). The average molecular weight is 337 g/mol. The van der Waals surface area contributed by atoms with Crippen LogP contribution in [0.1, 0.15) is 5.56 Å². The largest absolute Gasteiger partial charge is 0.331 e. The van der Waals surface area contributed by atoms with Gasteiger partial charge in [0.2, 0.25) is 5.91 Å². The molecule has 0 saturated carbocycles. The Bertz CT molecular complexity index is 728. The first-order valence-electron chi connectivity index (χ1n) is 6.80. The molecule has 2 aromatic rings. The normalized spacial score (nSPS) is 10.3. The highest BCUT2D eigenvalue weighted by Crippen LogP contribution is 2.22. The van der Waals surface area contributed by atoms with Crippen LogP contribution >= 0.6 is 11.6 Å². The van der Waals surface area contributed by atoms with Crippen LogP contribution in [0.2, 0.25) is 5.02 Å². The quantitative estimate of drug-likeness (QED) is 0.892. The number of benzene rings is 1. The van der Waals surface area contributed by atoms with E-state index in [4.69, 9.17) is 11.6 Å². The van der Waals surface area contributed by atoms with Crippen LogP contribution in [0.3, 0.4) is 0 Å². The van der Waals surface area contributed by atoms with E-state index in [9.17, 15) is 9.59 Å². The molecule has 0 spiro atoms. The van der Waals surface area contributed by atoms with E-state index in [2.05, 4.69) is 20.9 Å². The molecule has 1 aromatic carbocycles. The van der Waals surface area contributed by atoms with Crippen molar-refractivity contribution in [2.75, 3.05) is 24.7 Å². The maximum atomic E-state index is 12.0. The summed E-state index contributed by atoms with van der Waals surface area (Å²) in [6, 6.07) is 4.96. The van der Waals surface area contributed by atoms with E-state index < -0.39 is 0 Å². The highest BCUT2D eigenvalue weighted by Gasteiger charge is 2.11. The second-order valence-corrected chi connectivity index (χ2v) is 5.49. The maximum absolute atomic E-state index is 12.0. The van der Waals surface area contributed by atoms with E-state index >= 15 is 0 Å². The fraction of sp³-hybridized carbons (Fsp3) is 0.286. The number of nitrogens with zero attached hydrogens (tertiary/aromatic N) is 4. The number of carbonyl (C=O) groups is 2. The average Bonchev–Trinajstić information content (AvgIpc) is 2.90. The van der Waals surface area contributed by atoms with Gasteiger partial charge in [0.15, 0.2) is 5.82 Å². The van der Waals surface area contributed by atoms with Crippen molar-refractivity contribution in [2.24, 2.45) is 0 Å². The van der Waals surface area contributed by atoms with Gasteiger partial charge in [-0.25, -0.2) is 9.48 Å². The predicted molar refractivity (Wildman–Crippen MR) is 87.5 cm³/mol. The first kappa shape index (κ1) is 16.8. The van der Waals surface area contributed by atoms with E-state index in [1.54, 1.807) is 32.3 Å². The van der Waals surface area contributed by atoms with Crippen LogP contribution in [0.25, 0.3) is 0 Å². The molecule has 122 valence electrons. The van der Waals surface area contributed by atoms with E-state index in [1.807, 2.05) is 6.92 Å². The van der Waals surface area contributed by atoms with Gasteiger partial charge >= 0.3 is 6.03 Å². The van der Waals surface area contributed by atoms with Crippen molar-refractivity contribution in [3.05, 3.63) is 35.0 Å². The molecule has 0 aliphatic carbocycles. The first-order valence-corrected chi connectivity index (χ1v) is 7.18. The van der Waals surface area contributed by atoms with Gasteiger partial charge < -0.3 is 10.2 Å². The molecule has 0 fully saturated rings. The number of amides is 3. The number of hydrogen-bond acceptors (Lipinski definition) is 4. The molecule has 3 amide bonds. The molecule has 9 heteroatoms. The Morgan fingerprint density at radius 1 is 1.30 bits per heavy atom. The summed E-state index contributed by atoms with van der Waals surface area (Å²) in [5.74, 6) is 0.00110. The Kier molecular flexibility index (Phi) is 5.17. The number of hydrogen-bond donors (Lipinski definition) is 2. The molecular formula is C14H17ClN6O2. The number of halogens is 1. The van der Waals surface area contributed by atoms with Crippen molar-refractivity contribution >= 4 is 35.0 Å². The highest BCUT2D eigenvalue weighted by atomic mass is 35.5. The molecule has 0 radical (unpaired) electrons. The molecule has 1 aromatic heterocycles. The third kappa shape index (κ3) is 4.43. The number of aromatic nitrogens is 3. The molecule has 1 heterocycles. The summed E-state index contributed by atoms with van der Waals surface area (Å²) in [5, 5.41) is 13.5. The van der Waals surface area contributed by atoms with Crippen molar-refractivity contribution in [2.45, 2.75) is 13.5 Å². The molecule has 0 unspecified atom stereocenters. The van der Waals surface area contributed by atoms with E-state index in [0.717, 1.165) is 5.56 Å². The molecule has 0 atom stereocenters. The number of nitrogens with one attached hydrogen (secondary N) is 2. The summed E-state index contributed by atoms with van der Waals surface area (Å²) < 4.78 is 1.33. The van der Waals surface area contributed by atoms with Gasteiger partial charge in [-0.3, -0.25) is 10.1 Å². The molecule has 2 N–H and O–H groups in total. The van der Waals surface area contributed by atoms with Gasteiger partial charge in [-0.05, 0) is 24.6 Å². The zero-order valence-electron chi connectivity index (χ0n) is 13.0. The van der Waals surface area contributed by atoms with E-state index in [-0.39, 0.29) is 24.3 Å². The van der Waals surface area contributed by atoms with Gasteiger partial charge in [0.25, 0.3) is 0 Å². The van der Waals surface area contributed by atoms with Crippen molar-refractivity contribution in [3.8, 4) is 0 Å². The Morgan fingerprint density at radius 3 is 2.74 bits per heavy atom. The van der Waals surface area contributed by atoms with Crippen LogP contribution < -0.4 is 10.6 Å². The lowest BCUT2D eigenvalue weighted by atomic mass is 10.2. The maximum Gasteiger partial charge on any atom is 0.322 e. The lowest BCUT2D eigenvalue weighted by Gasteiger charge is -2.09. The summed E-state index contributed by atoms with van der Waals surface area (Å²) in [6.07, 6.45) is 1.48. The third-order valence-corrected chi connectivity index (χ3v) is 3.44. The SMILES string of the molecule is Cc1c(Cl)cccc1NC(=O)Cn1cc(NC(=O)N(C)C)nn1. The van der Waals surface area contributed by atoms with Gasteiger partial charge in [-0.2, -0.15) is 0 Å². The molecule has 0 aliphatic heterocycles. The van der Waals surface area contributed by atoms with Crippen LogP contribution in [-0.4, -0.2) is 45.9 Å². The molecule has 23 heavy (non-hydrogen) atoms. The Hall–Kier alpha value is -2.61. The minimum absolute atomic E-state index is 0.0310. The van der Waals surface area contributed by atoms with E-state index in [1.165, 1.54) is 15.8 Å².